The summed E-state index contributed by atoms with van der Waals surface area (Å²) in [5, 5.41) is 1.70. The third-order valence-corrected chi connectivity index (χ3v) is 9.37. The van der Waals surface area contributed by atoms with Crippen molar-refractivity contribution in [3.05, 3.63) is 83.1 Å². The van der Waals surface area contributed by atoms with E-state index in [0.717, 1.165) is 37.1 Å². The van der Waals surface area contributed by atoms with Crippen molar-refractivity contribution >= 4 is 29.1 Å². The molecule has 3 aliphatic heterocycles. The minimum absolute atomic E-state index is 0. The summed E-state index contributed by atoms with van der Waals surface area (Å²) in [6, 6.07) is 17.8. The fraction of sp³-hybridized carbons (Fsp3) is 0.452. The second kappa shape index (κ2) is 12.9. The Morgan fingerprint density at radius 2 is 1.60 bits per heavy atom. The molecule has 42 heavy (non-hydrogen) atoms. The molecule has 2 unspecified atom stereocenters. The highest BCUT2D eigenvalue weighted by molar-refractivity contribution is 7.92. The molecular formula is C31H38IN3O6S. The molecule has 0 bridgehead atoms. The molecule has 0 radical (unpaired) electrons. The lowest BCUT2D eigenvalue weighted by atomic mass is 10.0. The van der Waals surface area contributed by atoms with Gasteiger partial charge in [-0.05, 0) is 43.1 Å². The molecule has 3 atom stereocenters. The second-order valence-corrected chi connectivity index (χ2v) is 13.8. The molecular weight excluding hydrogens is 669 g/mol. The van der Waals surface area contributed by atoms with Crippen LogP contribution in [0, 0.1) is 0 Å². The molecule has 3 aliphatic rings. The number of rotatable bonds is 7. The Bertz CT molecular complexity index is 1290. The number of fused-ring (bicyclic) bond motifs is 1. The van der Waals surface area contributed by atoms with Crippen LogP contribution < -0.4 is 29.3 Å². The van der Waals surface area contributed by atoms with E-state index >= 15 is 0 Å². The van der Waals surface area contributed by atoms with E-state index in [2.05, 4.69) is 12.4 Å². The van der Waals surface area contributed by atoms with Crippen LogP contribution in [0.3, 0.4) is 0 Å². The predicted molar refractivity (Wildman–Crippen MR) is 155 cm³/mol. The second-order valence-electron chi connectivity index (χ2n) is 12.2. The number of alkyl carbamates (subject to hydrolysis) is 1. The summed E-state index contributed by atoms with van der Waals surface area (Å²) >= 11 is -1.53. The molecule has 3 heterocycles. The number of esters is 1. The van der Waals surface area contributed by atoms with Crippen molar-refractivity contribution in [1.29, 1.82) is 0 Å². The average Bonchev–Trinajstić information content (AvgIpc) is 3.35. The number of quaternary nitrogens is 1. The van der Waals surface area contributed by atoms with Crippen molar-refractivity contribution in [1.82, 2.24) is 10.2 Å². The summed E-state index contributed by atoms with van der Waals surface area (Å²) in [6.45, 7) is 7.55. The molecule has 2 saturated heterocycles. The molecule has 1 N–H and O–H groups in total. The Balaban J connectivity index is 0.00000405. The van der Waals surface area contributed by atoms with Crippen LogP contribution in [0.2, 0.25) is 0 Å². The lowest BCUT2D eigenvalue weighted by Crippen LogP contribution is -3.00. The first-order chi connectivity index (χ1) is 19.5. The number of nitrogens with one attached hydrogen (secondary N) is 1. The highest BCUT2D eigenvalue weighted by Gasteiger charge is 2.62. The predicted octanol–water partition coefficient (Wildman–Crippen LogP) is 0.642. The number of likely N-dealkylation sites (N-methyl/N-ethyl adjacent to an activating group) is 1. The maximum absolute atomic E-state index is 14.1. The number of carbonyl (C=O) groups is 3. The third kappa shape index (κ3) is 6.95. The highest BCUT2D eigenvalue weighted by atomic mass is 127. The van der Waals surface area contributed by atoms with Crippen molar-refractivity contribution in [3.63, 3.8) is 0 Å². The maximum atomic E-state index is 14.1. The first kappa shape index (κ1) is 32.3. The van der Waals surface area contributed by atoms with Gasteiger partial charge in [0, 0.05) is 12.8 Å². The number of β-lactam (4-membered cyclic amide) rings is 1. The zero-order valence-electron chi connectivity index (χ0n) is 24.4. The van der Waals surface area contributed by atoms with Crippen molar-refractivity contribution in [3.8, 4) is 0 Å². The average molecular weight is 708 g/mol. The molecule has 2 aromatic rings. The summed E-state index contributed by atoms with van der Waals surface area (Å²) in [7, 11) is 2.12. The van der Waals surface area contributed by atoms with Crippen LogP contribution in [0.4, 0.5) is 4.79 Å². The van der Waals surface area contributed by atoms with E-state index in [1.807, 2.05) is 60.7 Å². The summed E-state index contributed by atoms with van der Waals surface area (Å²) in [5.41, 5.74) is 1.62. The van der Waals surface area contributed by atoms with Crippen molar-refractivity contribution in [2.75, 3.05) is 32.4 Å². The maximum Gasteiger partial charge on any atom is 0.408 e. The minimum Gasteiger partial charge on any atom is -1.00 e. The summed E-state index contributed by atoms with van der Waals surface area (Å²) in [5.74, 6) is -1.02. The summed E-state index contributed by atoms with van der Waals surface area (Å²) in [6.07, 6.45) is 0.677. The molecule has 226 valence electrons. The number of hydrogen-bond acceptors (Lipinski definition) is 6. The normalized spacial score (nSPS) is 23.0. The van der Waals surface area contributed by atoms with E-state index in [1.165, 1.54) is 4.90 Å². The Kier molecular flexibility index (Phi) is 9.96. The molecule has 0 spiro atoms. The fourth-order valence-corrected chi connectivity index (χ4v) is 7.54. The quantitative estimate of drug-likeness (QED) is 0.149. The van der Waals surface area contributed by atoms with Crippen molar-refractivity contribution in [2.24, 2.45) is 0 Å². The number of carbonyl (C=O) groups excluding carboxylic acids is 3. The van der Waals surface area contributed by atoms with Crippen LogP contribution in [-0.4, -0.2) is 81.4 Å². The molecule has 2 fully saturated rings. The molecule has 2 amide bonds. The number of hydrogen-bond donors (Lipinski definition) is 1. The van der Waals surface area contributed by atoms with Crippen molar-refractivity contribution < 1.29 is 56.9 Å². The first-order valence-electron chi connectivity index (χ1n) is 14.0. The van der Waals surface area contributed by atoms with Gasteiger partial charge in [-0.2, -0.15) is 0 Å². The Morgan fingerprint density at radius 3 is 2.12 bits per heavy atom. The van der Waals surface area contributed by atoms with Gasteiger partial charge in [-0.1, -0.05) is 60.7 Å². The number of likely N-dealkylation sites (tertiary alicyclic amines) is 1. The standard InChI is InChI=1S/C31H37N3O6S.HI/c1-31(2,3)40-30(37)32-24-27(35)33-25(23(20-41(38)28(24)33)19-34(4)17-11-12-18-34)29(36)39-26(21-13-7-5-8-14-21)22-15-9-6-10-16-22;/h5-10,13-16,24,26,28H,11-12,17-20H2,1-4H3;1H/t24?,28-,41?;/m0./s1. The van der Waals surface area contributed by atoms with Crippen LogP contribution >= 0.6 is 0 Å². The number of benzene rings is 2. The number of nitrogens with zero attached hydrogens (tertiary/aromatic N) is 2. The molecule has 5 rings (SSSR count). The monoisotopic (exact) mass is 707 g/mol. The molecule has 2 aromatic carbocycles. The van der Waals surface area contributed by atoms with E-state index in [-0.39, 0.29) is 35.4 Å². The van der Waals surface area contributed by atoms with E-state index in [1.54, 1.807) is 20.8 Å². The summed E-state index contributed by atoms with van der Waals surface area (Å²) in [4.78, 5) is 41.4. The molecule has 9 nitrogen and oxygen atoms in total. The van der Waals surface area contributed by atoms with E-state index in [0.29, 0.717) is 16.6 Å². The van der Waals surface area contributed by atoms with Gasteiger partial charge in [0.05, 0.1) is 25.7 Å². The van der Waals surface area contributed by atoms with E-state index in [4.69, 9.17) is 9.47 Å². The minimum atomic E-state index is -1.53. The Morgan fingerprint density at radius 1 is 1.05 bits per heavy atom. The van der Waals surface area contributed by atoms with Gasteiger partial charge in [-0.25, -0.2) is 9.59 Å². The summed E-state index contributed by atoms with van der Waals surface area (Å²) < 4.78 is 25.8. The highest BCUT2D eigenvalue weighted by Crippen LogP contribution is 2.39. The number of ether oxygens (including phenoxy) is 2. The number of amides is 2. The number of halogens is 1. The zero-order chi connectivity index (χ0) is 29.4. The SMILES string of the molecule is CC(C)(C)OC(=O)NC1C(=O)N2C(C(=O)OC(c3ccccc3)c3ccccc3)=C(C[N+]3(C)CCCC3)C[S+]([O-])[C@@H]12.[I-]. The Hall–Kier alpha value is -2.61. The van der Waals surface area contributed by atoms with Crippen LogP contribution in [-0.2, 0) is 30.2 Å². The van der Waals surface area contributed by atoms with Crippen LogP contribution in [0.25, 0.3) is 0 Å². The van der Waals surface area contributed by atoms with Crippen molar-refractivity contribution in [2.45, 2.75) is 56.7 Å². The molecule has 11 heteroatoms. The fourth-order valence-electron chi connectivity index (χ4n) is 5.86. The van der Waals surface area contributed by atoms with Gasteiger partial charge in [0.2, 0.25) is 5.37 Å². The lowest BCUT2D eigenvalue weighted by Gasteiger charge is -2.49. The topological polar surface area (TPSA) is 108 Å². The van der Waals surface area contributed by atoms with Gasteiger partial charge >= 0.3 is 12.1 Å². The molecule has 0 aromatic heterocycles. The Labute approximate surface area is 267 Å². The smallest absolute Gasteiger partial charge is 0.408 e. The largest absolute Gasteiger partial charge is 1.00 e. The van der Waals surface area contributed by atoms with Gasteiger partial charge in [-0.3, -0.25) is 9.69 Å². The van der Waals surface area contributed by atoms with Gasteiger partial charge in [-0.15, -0.1) is 0 Å². The molecule has 0 saturated carbocycles. The zero-order valence-corrected chi connectivity index (χ0v) is 27.4. The van der Waals surface area contributed by atoms with Crippen LogP contribution in [0.1, 0.15) is 50.8 Å². The third-order valence-electron chi connectivity index (χ3n) is 7.72. The van der Waals surface area contributed by atoms with Gasteiger partial charge in [0.1, 0.15) is 23.6 Å². The molecule has 0 aliphatic carbocycles. The van der Waals surface area contributed by atoms with Crippen LogP contribution in [0.5, 0.6) is 0 Å². The van der Waals surface area contributed by atoms with Gasteiger partial charge < -0.3 is 47.8 Å². The lowest BCUT2D eigenvalue weighted by molar-refractivity contribution is -0.893. The van der Waals surface area contributed by atoms with E-state index in [9.17, 15) is 18.9 Å². The first-order valence-corrected chi connectivity index (χ1v) is 15.4. The van der Waals surface area contributed by atoms with Crippen LogP contribution in [0.15, 0.2) is 71.9 Å². The van der Waals surface area contributed by atoms with Gasteiger partial charge in [0.15, 0.2) is 12.1 Å². The van der Waals surface area contributed by atoms with E-state index < -0.39 is 52.3 Å². The van der Waals surface area contributed by atoms with Gasteiger partial charge in [0.25, 0.3) is 5.91 Å².